The highest BCUT2D eigenvalue weighted by Crippen LogP contribution is 2.11. The Hall–Kier alpha value is -2.03. The Morgan fingerprint density at radius 1 is 1.00 bits per heavy atom. The van der Waals surface area contributed by atoms with Crippen LogP contribution in [-0.4, -0.2) is 10.5 Å². The van der Waals surface area contributed by atoms with Crippen molar-refractivity contribution in [3.8, 4) is 0 Å². The molecule has 0 aliphatic carbocycles. The molecule has 0 atom stereocenters. The number of hydrogen-bond donors (Lipinski definition) is 1. The highest BCUT2D eigenvalue weighted by atomic mass is 16.1. The van der Waals surface area contributed by atoms with Crippen LogP contribution in [0.25, 0.3) is 0 Å². The van der Waals surface area contributed by atoms with Crippen LogP contribution in [0.1, 0.15) is 23.4 Å². The molecule has 0 aliphatic heterocycles. The first-order valence-corrected chi connectivity index (χ1v) is 6.55. The smallest absolute Gasteiger partial charge is 0.226 e. The van der Waals surface area contributed by atoms with Crippen molar-refractivity contribution in [2.75, 3.05) is 5.32 Å². The maximum absolute atomic E-state index is 11.9. The summed E-state index contributed by atoms with van der Waals surface area (Å²) in [5, 5.41) is 2.92. The van der Waals surface area contributed by atoms with Gasteiger partial charge in [0.15, 0.2) is 0 Å². The van der Waals surface area contributed by atoms with Crippen molar-refractivity contribution in [3.05, 3.63) is 53.3 Å². The summed E-state index contributed by atoms with van der Waals surface area (Å²) in [7, 11) is 0. The van der Waals surface area contributed by atoms with Crippen LogP contribution in [0.5, 0.6) is 0 Å². The molecule has 1 N–H and O–H groups in total. The van der Waals surface area contributed by atoms with Crippen molar-refractivity contribution < 1.29 is 4.79 Å². The predicted octanol–water partition coefficient (Wildman–Crippen LogP) is 3.44. The Morgan fingerprint density at radius 3 is 2.16 bits per heavy atom. The van der Waals surface area contributed by atoms with Gasteiger partial charge in [-0.15, -0.1) is 0 Å². The van der Waals surface area contributed by atoms with Crippen molar-refractivity contribution in [2.24, 2.45) is 0 Å². The molecule has 2 rings (SSSR count). The van der Waals surface area contributed by atoms with E-state index in [0.29, 0.717) is 6.42 Å². The molecule has 0 radical (unpaired) electrons. The molecule has 1 amide bonds. The second-order valence-electron chi connectivity index (χ2n) is 4.93. The number of hydrogen-bond acceptors (Lipinski definition) is 1. The SMILES string of the molecule is Cc1ccc(NC(=O)CCn2c(C)ccc2C)cc1. The van der Waals surface area contributed by atoms with Crippen molar-refractivity contribution in [2.45, 2.75) is 33.7 Å². The predicted molar refractivity (Wildman–Crippen MR) is 78.3 cm³/mol. The first kappa shape index (κ1) is 13.4. The van der Waals surface area contributed by atoms with Gasteiger partial charge in [0.2, 0.25) is 5.91 Å². The molecule has 1 heterocycles. The molecule has 3 heteroatoms. The quantitative estimate of drug-likeness (QED) is 0.893. The van der Waals surface area contributed by atoms with E-state index >= 15 is 0 Å². The van der Waals surface area contributed by atoms with Crippen LogP contribution in [0.2, 0.25) is 0 Å². The summed E-state index contributed by atoms with van der Waals surface area (Å²) in [6.07, 6.45) is 0.490. The minimum atomic E-state index is 0.0522. The third-order valence-electron chi connectivity index (χ3n) is 3.32. The van der Waals surface area contributed by atoms with Crippen LogP contribution in [-0.2, 0) is 11.3 Å². The summed E-state index contributed by atoms with van der Waals surface area (Å²) >= 11 is 0. The summed E-state index contributed by atoms with van der Waals surface area (Å²) in [6, 6.07) is 12.0. The van der Waals surface area contributed by atoms with E-state index < -0.39 is 0 Å². The van der Waals surface area contributed by atoms with Crippen LogP contribution in [0, 0.1) is 20.8 Å². The zero-order valence-electron chi connectivity index (χ0n) is 11.7. The number of amides is 1. The zero-order chi connectivity index (χ0) is 13.8. The number of rotatable bonds is 4. The fourth-order valence-corrected chi connectivity index (χ4v) is 2.13. The fourth-order valence-electron chi connectivity index (χ4n) is 2.13. The Balaban J connectivity index is 1.90. The lowest BCUT2D eigenvalue weighted by atomic mass is 10.2. The van der Waals surface area contributed by atoms with Gasteiger partial charge in [-0.1, -0.05) is 17.7 Å². The molecule has 1 aromatic heterocycles. The topological polar surface area (TPSA) is 34.0 Å². The summed E-state index contributed by atoms with van der Waals surface area (Å²) in [5.74, 6) is 0.0522. The van der Waals surface area contributed by atoms with Gasteiger partial charge in [-0.3, -0.25) is 4.79 Å². The minimum absolute atomic E-state index is 0.0522. The lowest BCUT2D eigenvalue weighted by Crippen LogP contribution is -2.15. The molecule has 0 unspecified atom stereocenters. The molecule has 0 bridgehead atoms. The van der Waals surface area contributed by atoms with Gasteiger partial charge in [0.25, 0.3) is 0 Å². The molecule has 0 fully saturated rings. The first-order valence-electron chi connectivity index (χ1n) is 6.55. The Bertz CT molecular complexity index is 547. The monoisotopic (exact) mass is 256 g/mol. The molecular weight excluding hydrogens is 236 g/mol. The third kappa shape index (κ3) is 3.47. The van der Waals surface area contributed by atoms with E-state index in [9.17, 15) is 4.79 Å². The molecule has 0 aliphatic rings. The van der Waals surface area contributed by atoms with E-state index in [2.05, 4.69) is 35.9 Å². The van der Waals surface area contributed by atoms with E-state index in [0.717, 1.165) is 12.2 Å². The highest BCUT2D eigenvalue weighted by Gasteiger charge is 2.05. The van der Waals surface area contributed by atoms with Crippen molar-refractivity contribution >= 4 is 11.6 Å². The van der Waals surface area contributed by atoms with Gasteiger partial charge >= 0.3 is 0 Å². The van der Waals surface area contributed by atoms with E-state index in [-0.39, 0.29) is 5.91 Å². The zero-order valence-corrected chi connectivity index (χ0v) is 11.7. The average molecular weight is 256 g/mol. The summed E-state index contributed by atoms with van der Waals surface area (Å²) in [5.41, 5.74) is 4.44. The fraction of sp³-hybridized carbons (Fsp3) is 0.312. The highest BCUT2D eigenvalue weighted by molar-refractivity contribution is 5.90. The van der Waals surface area contributed by atoms with Crippen molar-refractivity contribution in [3.63, 3.8) is 0 Å². The molecule has 0 saturated carbocycles. The molecular formula is C16H20N2O. The number of nitrogens with zero attached hydrogens (tertiary/aromatic N) is 1. The van der Waals surface area contributed by atoms with Gasteiger partial charge in [0.05, 0.1) is 0 Å². The number of aryl methyl sites for hydroxylation is 3. The average Bonchev–Trinajstić information content (AvgIpc) is 2.70. The van der Waals surface area contributed by atoms with Gasteiger partial charge in [0, 0.05) is 30.0 Å². The largest absolute Gasteiger partial charge is 0.349 e. The molecule has 19 heavy (non-hydrogen) atoms. The van der Waals surface area contributed by atoms with E-state index in [4.69, 9.17) is 0 Å². The van der Waals surface area contributed by atoms with Crippen LogP contribution in [0.15, 0.2) is 36.4 Å². The minimum Gasteiger partial charge on any atom is -0.349 e. The Labute approximate surface area is 114 Å². The number of anilines is 1. The van der Waals surface area contributed by atoms with E-state index in [1.807, 2.05) is 31.2 Å². The van der Waals surface area contributed by atoms with Gasteiger partial charge in [-0.2, -0.15) is 0 Å². The van der Waals surface area contributed by atoms with Crippen molar-refractivity contribution in [1.82, 2.24) is 4.57 Å². The number of aromatic nitrogens is 1. The Kier molecular flexibility index (Phi) is 4.05. The lowest BCUT2D eigenvalue weighted by molar-refractivity contribution is -0.116. The van der Waals surface area contributed by atoms with Crippen LogP contribution in [0.4, 0.5) is 5.69 Å². The van der Waals surface area contributed by atoms with Gasteiger partial charge in [-0.05, 0) is 45.0 Å². The van der Waals surface area contributed by atoms with Gasteiger partial charge in [0.1, 0.15) is 0 Å². The normalized spacial score (nSPS) is 10.5. The first-order chi connectivity index (χ1) is 9.06. The summed E-state index contributed by atoms with van der Waals surface area (Å²) < 4.78 is 2.16. The molecule has 100 valence electrons. The number of nitrogens with one attached hydrogen (secondary N) is 1. The third-order valence-corrected chi connectivity index (χ3v) is 3.32. The van der Waals surface area contributed by atoms with Crippen molar-refractivity contribution in [1.29, 1.82) is 0 Å². The second kappa shape index (κ2) is 5.74. The standard InChI is InChI=1S/C16H20N2O/c1-12-4-8-15(9-5-12)17-16(19)10-11-18-13(2)6-7-14(18)3/h4-9H,10-11H2,1-3H3,(H,17,19). The number of carbonyl (C=O) groups is 1. The summed E-state index contributed by atoms with van der Waals surface area (Å²) in [6.45, 7) is 6.88. The maximum Gasteiger partial charge on any atom is 0.226 e. The van der Waals surface area contributed by atoms with Gasteiger partial charge in [-0.25, -0.2) is 0 Å². The van der Waals surface area contributed by atoms with Crippen LogP contribution < -0.4 is 5.32 Å². The molecule has 0 spiro atoms. The lowest BCUT2D eigenvalue weighted by Gasteiger charge is -2.10. The van der Waals surface area contributed by atoms with E-state index in [1.165, 1.54) is 17.0 Å². The van der Waals surface area contributed by atoms with Gasteiger partial charge < -0.3 is 9.88 Å². The number of benzene rings is 1. The molecule has 0 saturated heterocycles. The summed E-state index contributed by atoms with van der Waals surface area (Å²) in [4.78, 5) is 11.9. The van der Waals surface area contributed by atoms with Crippen LogP contribution in [0.3, 0.4) is 0 Å². The van der Waals surface area contributed by atoms with Crippen LogP contribution >= 0.6 is 0 Å². The maximum atomic E-state index is 11.9. The Morgan fingerprint density at radius 2 is 1.58 bits per heavy atom. The number of carbonyl (C=O) groups excluding carboxylic acids is 1. The second-order valence-corrected chi connectivity index (χ2v) is 4.93. The molecule has 3 nitrogen and oxygen atoms in total. The molecule has 1 aromatic carbocycles. The van der Waals surface area contributed by atoms with E-state index in [1.54, 1.807) is 0 Å². The molecule has 2 aromatic rings.